The maximum absolute atomic E-state index is 10.3. The molecule has 0 unspecified atom stereocenters. The number of thioether (sulfide) groups is 1. The maximum atomic E-state index is 10.3. The van der Waals surface area contributed by atoms with Crippen molar-refractivity contribution in [2.24, 2.45) is 5.73 Å². The fourth-order valence-electron chi connectivity index (χ4n) is 2.79. The maximum Gasteiger partial charge on any atom is 0.152 e. The van der Waals surface area contributed by atoms with Gasteiger partial charge >= 0.3 is 0 Å². The van der Waals surface area contributed by atoms with Crippen LogP contribution in [0.1, 0.15) is 12.0 Å². The van der Waals surface area contributed by atoms with Crippen molar-refractivity contribution in [3.63, 3.8) is 0 Å². The molecule has 0 spiro atoms. The number of hydrogen-bond acceptors (Lipinski definition) is 5. The lowest BCUT2D eigenvalue weighted by molar-refractivity contribution is 0.407. The molecular formula is C19H21NO3S. The first-order chi connectivity index (χ1) is 11.7. The predicted octanol–water partition coefficient (Wildman–Crippen LogP) is 4.43. The van der Waals surface area contributed by atoms with Crippen molar-refractivity contribution in [3.05, 3.63) is 42.0 Å². The molecule has 3 rings (SSSR count). The van der Waals surface area contributed by atoms with Gasteiger partial charge in [-0.2, -0.15) is 0 Å². The van der Waals surface area contributed by atoms with E-state index in [9.17, 15) is 5.11 Å². The Kier molecular flexibility index (Phi) is 5.02. The van der Waals surface area contributed by atoms with E-state index in [0.717, 1.165) is 28.7 Å². The van der Waals surface area contributed by atoms with E-state index in [-0.39, 0.29) is 5.75 Å². The number of ether oxygens (including phenoxy) is 1. The van der Waals surface area contributed by atoms with Crippen molar-refractivity contribution in [1.29, 1.82) is 0 Å². The number of furan rings is 1. The Morgan fingerprint density at radius 2 is 2.04 bits per heavy atom. The number of phenols is 1. The first-order valence-corrected chi connectivity index (χ1v) is 9.07. The van der Waals surface area contributed by atoms with Crippen LogP contribution in [-0.4, -0.2) is 25.0 Å². The molecule has 1 heterocycles. The van der Waals surface area contributed by atoms with Crippen LogP contribution in [0, 0.1) is 0 Å². The summed E-state index contributed by atoms with van der Waals surface area (Å²) in [4.78, 5) is 1.03. The quantitative estimate of drug-likeness (QED) is 0.648. The number of methoxy groups -OCH3 is 1. The van der Waals surface area contributed by atoms with Gasteiger partial charge in [0.15, 0.2) is 5.76 Å². The number of nitrogens with two attached hydrogens (primary N) is 1. The van der Waals surface area contributed by atoms with Crippen LogP contribution in [0.15, 0.2) is 45.7 Å². The molecule has 0 saturated heterocycles. The highest BCUT2D eigenvalue weighted by atomic mass is 32.2. The molecule has 0 aliphatic rings. The van der Waals surface area contributed by atoms with Gasteiger partial charge in [-0.25, -0.2) is 0 Å². The fourth-order valence-corrected chi connectivity index (χ4v) is 3.51. The molecule has 0 aliphatic carbocycles. The number of aromatic hydroxyl groups is 1. The minimum Gasteiger partial charge on any atom is -0.507 e. The van der Waals surface area contributed by atoms with Gasteiger partial charge in [0.25, 0.3) is 0 Å². The van der Waals surface area contributed by atoms with Crippen LogP contribution in [0.5, 0.6) is 11.5 Å². The number of phenolic OH excluding ortho intramolecular Hbond substituents is 1. The Hall–Kier alpha value is -2.11. The molecule has 3 N–H and O–H groups in total. The zero-order valence-corrected chi connectivity index (χ0v) is 14.7. The van der Waals surface area contributed by atoms with Crippen molar-refractivity contribution >= 4 is 22.7 Å². The molecule has 5 heteroatoms. The fraction of sp³-hybridized carbons (Fsp3) is 0.263. The normalized spacial score (nSPS) is 11.1. The summed E-state index contributed by atoms with van der Waals surface area (Å²) in [5.41, 5.74) is 8.34. The van der Waals surface area contributed by atoms with Crippen LogP contribution in [-0.2, 0) is 6.42 Å². The third-order valence-electron chi connectivity index (χ3n) is 4.03. The van der Waals surface area contributed by atoms with Crippen molar-refractivity contribution in [1.82, 2.24) is 0 Å². The van der Waals surface area contributed by atoms with Crippen molar-refractivity contribution < 1.29 is 14.3 Å². The second kappa shape index (κ2) is 7.20. The zero-order valence-electron chi connectivity index (χ0n) is 13.8. The molecule has 0 bridgehead atoms. The Morgan fingerprint density at radius 1 is 1.21 bits per heavy atom. The first-order valence-electron chi connectivity index (χ1n) is 7.84. The molecule has 4 nitrogen and oxygen atoms in total. The molecule has 126 valence electrons. The van der Waals surface area contributed by atoms with E-state index in [2.05, 4.69) is 12.1 Å². The lowest BCUT2D eigenvalue weighted by Gasteiger charge is -2.06. The van der Waals surface area contributed by atoms with Gasteiger partial charge in [0.1, 0.15) is 17.1 Å². The van der Waals surface area contributed by atoms with Crippen molar-refractivity contribution in [2.45, 2.75) is 17.7 Å². The standard InChI is InChI=1S/C19H21NO3S/c1-22-13-6-7-14(16(21)11-13)18-19(24-2)15-10-12(4-3-9-20)5-8-17(15)23-18/h5-8,10-11,21H,3-4,9,20H2,1-2H3. The minimum absolute atomic E-state index is 0.145. The summed E-state index contributed by atoms with van der Waals surface area (Å²) in [7, 11) is 1.58. The highest BCUT2D eigenvalue weighted by Crippen LogP contribution is 2.43. The molecule has 0 saturated carbocycles. The van der Waals surface area contributed by atoms with Gasteiger partial charge in [-0.3, -0.25) is 0 Å². The van der Waals surface area contributed by atoms with Gasteiger partial charge in [0, 0.05) is 11.5 Å². The molecule has 3 aromatic rings. The highest BCUT2D eigenvalue weighted by molar-refractivity contribution is 7.99. The average molecular weight is 343 g/mol. The van der Waals surface area contributed by atoms with Gasteiger partial charge in [0.2, 0.25) is 0 Å². The minimum atomic E-state index is 0.145. The second-order valence-corrected chi connectivity index (χ2v) is 6.39. The monoisotopic (exact) mass is 343 g/mol. The number of aryl methyl sites for hydroxylation is 1. The lowest BCUT2D eigenvalue weighted by Crippen LogP contribution is -2.00. The van der Waals surface area contributed by atoms with Crippen LogP contribution in [0.2, 0.25) is 0 Å². The summed E-state index contributed by atoms with van der Waals surface area (Å²) < 4.78 is 11.2. The van der Waals surface area contributed by atoms with Crippen LogP contribution in [0.25, 0.3) is 22.3 Å². The molecule has 1 aromatic heterocycles. The van der Waals surface area contributed by atoms with E-state index in [1.165, 1.54) is 5.56 Å². The van der Waals surface area contributed by atoms with E-state index >= 15 is 0 Å². The Morgan fingerprint density at radius 3 is 2.71 bits per heavy atom. The third-order valence-corrected chi connectivity index (χ3v) is 4.84. The average Bonchev–Trinajstić information content (AvgIpc) is 2.97. The number of fused-ring (bicyclic) bond motifs is 1. The summed E-state index contributed by atoms with van der Waals surface area (Å²) in [5.74, 6) is 1.45. The molecule has 0 amide bonds. The van der Waals surface area contributed by atoms with Gasteiger partial charge in [-0.05, 0) is 55.5 Å². The Bertz CT molecular complexity index is 857. The number of hydrogen-bond donors (Lipinski definition) is 2. The number of benzene rings is 2. The van der Waals surface area contributed by atoms with Crippen LogP contribution in [0.3, 0.4) is 0 Å². The van der Waals surface area contributed by atoms with E-state index in [0.29, 0.717) is 23.6 Å². The van der Waals surface area contributed by atoms with Gasteiger partial charge in [-0.15, -0.1) is 11.8 Å². The molecule has 2 aromatic carbocycles. The van der Waals surface area contributed by atoms with Crippen LogP contribution >= 0.6 is 11.8 Å². The van der Waals surface area contributed by atoms with Gasteiger partial charge in [0.05, 0.1) is 17.6 Å². The van der Waals surface area contributed by atoms with Crippen LogP contribution in [0.4, 0.5) is 0 Å². The highest BCUT2D eigenvalue weighted by Gasteiger charge is 2.18. The smallest absolute Gasteiger partial charge is 0.152 e. The van der Waals surface area contributed by atoms with Crippen molar-refractivity contribution in [3.8, 4) is 22.8 Å². The topological polar surface area (TPSA) is 68.6 Å². The zero-order chi connectivity index (χ0) is 17.1. The summed E-state index contributed by atoms with van der Waals surface area (Å²) >= 11 is 1.62. The SMILES string of the molecule is COc1ccc(-c2oc3ccc(CCCN)cc3c2SC)c(O)c1. The Balaban J connectivity index is 2.11. The van der Waals surface area contributed by atoms with Gasteiger partial charge < -0.3 is 20.0 Å². The summed E-state index contributed by atoms with van der Waals surface area (Å²) in [5, 5.41) is 11.4. The van der Waals surface area contributed by atoms with E-state index in [1.807, 2.05) is 24.5 Å². The second-order valence-electron chi connectivity index (χ2n) is 5.57. The van der Waals surface area contributed by atoms with E-state index in [4.69, 9.17) is 14.9 Å². The molecule has 24 heavy (non-hydrogen) atoms. The molecule has 0 aliphatic heterocycles. The van der Waals surface area contributed by atoms with E-state index in [1.54, 1.807) is 24.9 Å². The summed E-state index contributed by atoms with van der Waals surface area (Å²) in [6.45, 7) is 0.684. The van der Waals surface area contributed by atoms with Gasteiger partial charge in [-0.1, -0.05) is 6.07 Å². The molecule has 0 atom stereocenters. The predicted molar refractivity (Wildman–Crippen MR) is 99.0 cm³/mol. The van der Waals surface area contributed by atoms with Crippen LogP contribution < -0.4 is 10.5 Å². The molecule has 0 fully saturated rings. The van der Waals surface area contributed by atoms with E-state index < -0.39 is 0 Å². The summed E-state index contributed by atoms with van der Waals surface area (Å²) in [6.07, 6.45) is 3.93. The summed E-state index contributed by atoms with van der Waals surface area (Å²) in [6, 6.07) is 11.5. The Labute approximate surface area is 145 Å². The third kappa shape index (κ3) is 3.09. The molecular weight excluding hydrogens is 322 g/mol. The van der Waals surface area contributed by atoms with Crippen molar-refractivity contribution in [2.75, 3.05) is 19.9 Å². The lowest BCUT2D eigenvalue weighted by atomic mass is 10.1. The number of rotatable bonds is 6. The largest absolute Gasteiger partial charge is 0.507 e. The molecule has 0 radical (unpaired) electrons. The first kappa shape index (κ1) is 16.7.